The van der Waals surface area contributed by atoms with Gasteiger partial charge in [-0.05, 0) is 76.5 Å². The minimum Gasteiger partial charge on any atom is -0.309 e. The summed E-state index contributed by atoms with van der Waals surface area (Å²) in [5.74, 6) is 0. The van der Waals surface area contributed by atoms with Crippen LogP contribution in [0.1, 0.15) is 0 Å². The number of nitrogens with zero attached hydrogens (tertiary/aromatic N) is 4. The van der Waals surface area contributed by atoms with Crippen molar-refractivity contribution in [3.63, 3.8) is 0 Å². The van der Waals surface area contributed by atoms with E-state index < -0.39 is 0 Å². The summed E-state index contributed by atoms with van der Waals surface area (Å²) in [6.45, 7) is 0. The van der Waals surface area contributed by atoms with Crippen LogP contribution < -0.4 is 0 Å². The van der Waals surface area contributed by atoms with E-state index in [2.05, 4.69) is 165 Å². The van der Waals surface area contributed by atoms with E-state index in [0.717, 1.165) is 33.3 Å². The molecule has 0 N–H and O–H groups in total. The van der Waals surface area contributed by atoms with E-state index in [1.54, 1.807) is 0 Å². The maximum atomic E-state index is 4.39. The molecule has 0 aliphatic carbocycles. The van der Waals surface area contributed by atoms with Gasteiger partial charge in [-0.3, -0.25) is 0 Å². The number of fused-ring (bicyclic) bond motifs is 8. The molecule has 10 rings (SSSR count). The zero-order chi connectivity index (χ0) is 30.2. The van der Waals surface area contributed by atoms with Crippen molar-refractivity contribution in [2.75, 3.05) is 0 Å². The summed E-state index contributed by atoms with van der Waals surface area (Å²) in [6.07, 6.45) is 3.82. The summed E-state index contributed by atoms with van der Waals surface area (Å²) in [6, 6.07) is 52.5. The highest BCUT2D eigenvalue weighted by atomic mass is 15.1. The Balaban J connectivity index is 1.23. The maximum absolute atomic E-state index is 4.39. The zero-order valence-corrected chi connectivity index (χ0v) is 24.8. The molecule has 7 aromatic carbocycles. The molecule has 46 heavy (non-hydrogen) atoms. The van der Waals surface area contributed by atoms with E-state index in [1.165, 1.54) is 54.4 Å². The lowest BCUT2D eigenvalue weighted by atomic mass is 9.97. The Morgan fingerprint density at radius 1 is 0.370 bits per heavy atom. The van der Waals surface area contributed by atoms with Crippen molar-refractivity contribution in [2.45, 2.75) is 0 Å². The highest BCUT2D eigenvalue weighted by molar-refractivity contribution is 6.15. The highest BCUT2D eigenvalue weighted by Crippen LogP contribution is 2.40. The molecule has 0 saturated heterocycles. The molecule has 0 amide bonds. The molecular formula is C42H26N4. The summed E-state index contributed by atoms with van der Waals surface area (Å²) in [5, 5.41) is 18.3. The molecule has 0 bridgehead atoms. The SMILES string of the molecule is c1ccc(-n2c3ccccc3c3cc(-c4ccc(-n5c6ccccc6c6cc7ccccc7cc65)c5cnncc45)ccc32)cc1. The predicted octanol–water partition coefficient (Wildman–Crippen LogP) is 10.6. The van der Waals surface area contributed by atoms with E-state index in [1.807, 2.05) is 12.4 Å². The third-order valence-corrected chi connectivity index (χ3v) is 9.48. The monoisotopic (exact) mass is 586 g/mol. The van der Waals surface area contributed by atoms with Crippen LogP contribution >= 0.6 is 0 Å². The molecule has 0 fully saturated rings. The fraction of sp³-hybridized carbons (Fsp3) is 0. The van der Waals surface area contributed by atoms with Crippen LogP contribution in [0.25, 0.3) is 87.7 Å². The van der Waals surface area contributed by atoms with Gasteiger partial charge in [0, 0.05) is 38.0 Å². The molecule has 0 aliphatic heterocycles. The second-order valence-electron chi connectivity index (χ2n) is 11.9. The molecule has 0 aliphatic rings. The lowest BCUT2D eigenvalue weighted by Gasteiger charge is -2.14. The van der Waals surface area contributed by atoms with E-state index in [4.69, 9.17) is 0 Å². The fourth-order valence-electron chi connectivity index (χ4n) is 7.44. The lowest BCUT2D eigenvalue weighted by Crippen LogP contribution is -1.97. The van der Waals surface area contributed by atoms with Crippen molar-refractivity contribution in [3.8, 4) is 22.5 Å². The van der Waals surface area contributed by atoms with Crippen LogP contribution in [-0.4, -0.2) is 19.3 Å². The molecule has 4 nitrogen and oxygen atoms in total. The third kappa shape index (κ3) is 3.55. The van der Waals surface area contributed by atoms with Gasteiger partial charge in [0.05, 0.1) is 40.1 Å². The van der Waals surface area contributed by atoms with Crippen molar-refractivity contribution in [2.24, 2.45) is 0 Å². The molecule has 0 spiro atoms. The molecule has 0 atom stereocenters. The lowest BCUT2D eigenvalue weighted by molar-refractivity contribution is 1.05. The molecule has 0 saturated carbocycles. The number of benzene rings is 7. The average Bonchev–Trinajstić information content (AvgIpc) is 3.62. The molecular weight excluding hydrogens is 560 g/mol. The molecule has 10 aromatic rings. The molecule has 0 unspecified atom stereocenters. The number of hydrogen-bond acceptors (Lipinski definition) is 2. The van der Waals surface area contributed by atoms with Gasteiger partial charge in [0.1, 0.15) is 0 Å². The van der Waals surface area contributed by atoms with Gasteiger partial charge in [-0.15, -0.1) is 0 Å². The van der Waals surface area contributed by atoms with E-state index in [-0.39, 0.29) is 0 Å². The van der Waals surface area contributed by atoms with Crippen molar-refractivity contribution in [1.29, 1.82) is 0 Å². The first-order chi connectivity index (χ1) is 22.8. The quantitative estimate of drug-likeness (QED) is 0.206. The van der Waals surface area contributed by atoms with Crippen LogP contribution in [0.15, 0.2) is 158 Å². The third-order valence-electron chi connectivity index (χ3n) is 9.48. The summed E-state index contributed by atoms with van der Waals surface area (Å²) < 4.78 is 4.74. The topological polar surface area (TPSA) is 35.6 Å². The zero-order valence-electron chi connectivity index (χ0n) is 24.8. The first-order valence-corrected chi connectivity index (χ1v) is 15.6. The van der Waals surface area contributed by atoms with Gasteiger partial charge in [-0.1, -0.05) is 91.0 Å². The molecule has 3 aromatic heterocycles. The smallest absolute Gasteiger partial charge is 0.0596 e. The minimum absolute atomic E-state index is 1.06. The summed E-state index contributed by atoms with van der Waals surface area (Å²) >= 11 is 0. The Labute approximate surface area is 264 Å². The van der Waals surface area contributed by atoms with Crippen LogP contribution in [0.5, 0.6) is 0 Å². The number of aromatic nitrogens is 4. The Morgan fingerprint density at radius 2 is 0.978 bits per heavy atom. The number of rotatable bonds is 3. The predicted molar refractivity (Wildman–Crippen MR) is 191 cm³/mol. The molecule has 0 radical (unpaired) electrons. The van der Waals surface area contributed by atoms with Crippen LogP contribution in [0.4, 0.5) is 0 Å². The van der Waals surface area contributed by atoms with Gasteiger partial charge in [-0.25, -0.2) is 0 Å². The number of para-hydroxylation sites is 3. The average molecular weight is 587 g/mol. The Morgan fingerprint density at radius 3 is 1.76 bits per heavy atom. The van der Waals surface area contributed by atoms with Gasteiger partial charge < -0.3 is 9.13 Å². The fourth-order valence-corrected chi connectivity index (χ4v) is 7.44. The highest BCUT2D eigenvalue weighted by Gasteiger charge is 2.18. The van der Waals surface area contributed by atoms with Crippen LogP contribution in [0, 0.1) is 0 Å². The van der Waals surface area contributed by atoms with E-state index in [0.29, 0.717) is 0 Å². The first kappa shape index (κ1) is 25.1. The molecule has 214 valence electrons. The Hall–Kier alpha value is -6.26. The summed E-state index contributed by atoms with van der Waals surface area (Å²) in [5.41, 5.74) is 9.29. The van der Waals surface area contributed by atoms with Crippen molar-refractivity contribution >= 4 is 65.2 Å². The Bertz CT molecular complexity index is 2810. The standard InChI is InChI=1S/C42H26N4/c1-2-12-30(13-3-1)45-38-16-8-6-14-32(38)34-23-29(18-20-40(34)45)31-19-21-41(37-26-44-43-25-36(31)37)46-39-17-9-7-15-33(39)35-22-27-10-4-5-11-28(27)24-42(35)46/h1-26H. The normalized spacial score (nSPS) is 11.9. The largest absolute Gasteiger partial charge is 0.309 e. The molecule has 3 heterocycles. The molecule has 4 heteroatoms. The first-order valence-electron chi connectivity index (χ1n) is 15.6. The minimum atomic E-state index is 1.06. The van der Waals surface area contributed by atoms with Gasteiger partial charge in [-0.2, -0.15) is 10.2 Å². The van der Waals surface area contributed by atoms with E-state index in [9.17, 15) is 0 Å². The van der Waals surface area contributed by atoms with Gasteiger partial charge in [0.25, 0.3) is 0 Å². The summed E-state index contributed by atoms with van der Waals surface area (Å²) in [7, 11) is 0. The number of hydrogen-bond donors (Lipinski definition) is 0. The van der Waals surface area contributed by atoms with Gasteiger partial charge >= 0.3 is 0 Å². The van der Waals surface area contributed by atoms with Crippen LogP contribution in [0.3, 0.4) is 0 Å². The second kappa shape index (κ2) is 9.62. The van der Waals surface area contributed by atoms with Crippen molar-refractivity contribution in [1.82, 2.24) is 19.3 Å². The van der Waals surface area contributed by atoms with Crippen LogP contribution in [-0.2, 0) is 0 Å². The summed E-state index contributed by atoms with van der Waals surface area (Å²) in [4.78, 5) is 0. The van der Waals surface area contributed by atoms with Crippen molar-refractivity contribution < 1.29 is 0 Å². The van der Waals surface area contributed by atoms with Gasteiger partial charge in [0.15, 0.2) is 0 Å². The van der Waals surface area contributed by atoms with Crippen LogP contribution in [0.2, 0.25) is 0 Å². The van der Waals surface area contributed by atoms with Crippen molar-refractivity contribution in [3.05, 3.63) is 158 Å². The second-order valence-corrected chi connectivity index (χ2v) is 11.9. The Kier molecular flexibility index (Phi) is 5.25. The van der Waals surface area contributed by atoms with Gasteiger partial charge in [0.2, 0.25) is 0 Å². The van der Waals surface area contributed by atoms with E-state index >= 15 is 0 Å². The maximum Gasteiger partial charge on any atom is 0.0596 e.